The molecule has 370 valence electrons. The number of hydrogen-bond acceptors (Lipinski definition) is 4. The molecule has 0 aliphatic carbocycles. The molecule has 4 heteroatoms. The van der Waals surface area contributed by atoms with Crippen LogP contribution in [-0.4, -0.2) is 10.2 Å². The van der Waals surface area contributed by atoms with E-state index in [2.05, 4.69) is 231 Å². The molecule has 0 bridgehead atoms. The molecule has 0 radical (unpaired) electrons. The van der Waals surface area contributed by atoms with E-state index in [4.69, 9.17) is 9.47 Å². The van der Waals surface area contributed by atoms with Gasteiger partial charge in [0.1, 0.15) is 23.0 Å². The highest BCUT2D eigenvalue weighted by molar-refractivity contribution is 6.11. The fraction of sp³-hybridized carbons (Fsp3) is 0.0270. The van der Waals surface area contributed by atoms with E-state index in [1.54, 1.807) is 0 Å². The summed E-state index contributed by atoms with van der Waals surface area (Å²) in [5.41, 5.74) is 11.7. The number of fused-ring (bicyclic) bond motifs is 6. The molecule has 14 aromatic rings. The first-order valence-corrected chi connectivity index (χ1v) is 26.5. The van der Waals surface area contributed by atoms with Crippen molar-refractivity contribution in [3.8, 4) is 78.6 Å². The zero-order valence-corrected chi connectivity index (χ0v) is 42.5. The minimum atomic E-state index is -0.126. The van der Waals surface area contributed by atoms with Gasteiger partial charge in [-0.05, 0) is 181 Å². The predicted molar refractivity (Wildman–Crippen MR) is 324 cm³/mol. The molecule has 0 aliphatic heterocycles. The molecule has 14 rings (SSSR count). The summed E-state index contributed by atoms with van der Waals surface area (Å²) in [6, 6.07) is 93.3. The topological polar surface area (TPSA) is 58.9 Å². The first-order valence-electron chi connectivity index (χ1n) is 26.5. The smallest absolute Gasteiger partial charge is 0.136 e. The van der Waals surface area contributed by atoms with E-state index < -0.39 is 0 Å². The lowest BCUT2D eigenvalue weighted by Crippen LogP contribution is -1.97. The fourth-order valence-electron chi connectivity index (χ4n) is 11.6. The highest BCUT2D eigenvalue weighted by Crippen LogP contribution is 2.50. The largest absolute Gasteiger partial charge is 0.457 e. The van der Waals surface area contributed by atoms with Gasteiger partial charge in [0, 0.05) is 11.1 Å². The van der Waals surface area contributed by atoms with E-state index in [1.165, 1.54) is 21.5 Å². The number of aliphatic hydroxyl groups is 2. The molecular formula is C74H50O4. The van der Waals surface area contributed by atoms with Crippen LogP contribution in [0.25, 0.3) is 120 Å². The number of rotatable bonds is 11. The van der Waals surface area contributed by atoms with Crippen LogP contribution in [0.4, 0.5) is 0 Å². The zero-order valence-electron chi connectivity index (χ0n) is 42.5. The Labute approximate surface area is 451 Å². The maximum Gasteiger partial charge on any atom is 0.136 e. The predicted octanol–water partition coefficient (Wildman–Crippen LogP) is 19.5. The second-order valence-corrected chi connectivity index (χ2v) is 20.1. The summed E-state index contributed by atoms with van der Waals surface area (Å²) in [6.07, 6.45) is 0. The van der Waals surface area contributed by atoms with Gasteiger partial charge in [0.25, 0.3) is 0 Å². The highest BCUT2D eigenvalue weighted by atomic mass is 16.5. The van der Waals surface area contributed by atoms with Gasteiger partial charge >= 0.3 is 0 Å². The standard InChI is InChI=1S/C74H50O4/c75-45-59-27-33-61(43-69(59)67-21-9-17-49-13-5-7-19-63(49)67)77-71-37-31-57-41-55(53-25-23-47-11-1-3-15-51(47)39-53)29-35-65(57)73(71)74-66-36-30-56(54-26-24-48-12-2-4-16-52(48)40-54)42-58(66)32-38-72(74)78-62-34-28-60(46-76)70(44-62)68-22-10-18-50-14-6-8-20-64(50)68/h1-44,75-76H,45-46H2. The summed E-state index contributed by atoms with van der Waals surface area (Å²) >= 11 is 0. The third-order valence-corrected chi connectivity index (χ3v) is 15.5. The van der Waals surface area contributed by atoms with Crippen molar-refractivity contribution in [2.45, 2.75) is 13.2 Å². The van der Waals surface area contributed by atoms with Crippen LogP contribution < -0.4 is 9.47 Å². The molecule has 4 nitrogen and oxygen atoms in total. The molecule has 0 spiro atoms. The third kappa shape index (κ3) is 8.47. The van der Waals surface area contributed by atoms with Gasteiger partial charge in [0.15, 0.2) is 0 Å². The second-order valence-electron chi connectivity index (χ2n) is 20.1. The van der Waals surface area contributed by atoms with E-state index in [9.17, 15) is 10.2 Å². The van der Waals surface area contributed by atoms with Gasteiger partial charge in [-0.3, -0.25) is 0 Å². The Hall–Kier alpha value is -9.84. The monoisotopic (exact) mass is 1000 g/mol. The summed E-state index contributed by atoms with van der Waals surface area (Å²) in [5.74, 6) is 2.54. The van der Waals surface area contributed by atoms with Crippen LogP contribution in [0.1, 0.15) is 11.1 Å². The molecule has 0 saturated carbocycles. The van der Waals surface area contributed by atoms with Crippen molar-refractivity contribution in [3.05, 3.63) is 278 Å². The van der Waals surface area contributed by atoms with Crippen LogP contribution in [0.5, 0.6) is 23.0 Å². The average molecular weight is 1000 g/mol. The Morgan fingerprint density at radius 1 is 0.244 bits per heavy atom. The molecule has 0 aliphatic rings. The van der Waals surface area contributed by atoms with E-state index >= 15 is 0 Å². The highest BCUT2D eigenvalue weighted by Gasteiger charge is 2.23. The summed E-state index contributed by atoms with van der Waals surface area (Å²) in [5, 5.41) is 34.8. The van der Waals surface area contributed by atoms with Crippen molar-refractivity contribution in [1.82, 2.24) is 0 Å². The second kappa shape index (κ2) is 19.7. The van der Waals surface area contributed by atoms with E-state index in [0.717, 1.165) is 110 Å². The minimum Gasteiger partial charge on any atom is -0.457 e. The number of ether oxygens (including phenoxy) is 2. The van der Waals surface area contributed by atoms with Gasteiger partial charge in [-0.25, -0.2) is 0 Å². The van der Waals surface area contributed by atoms with Gasteiger partial charge in [-0.1, -0.05) is 206 Å². The SMILES string of the molecule is OCc1ccc(Oc2ccc3cc(-c4ccc5ccccc5c4)ccc3c2-c2c(Oc3ccc(CO)c(-c4cccc5ccccc45)c3)ccc3cc(-c4ccc5ccccc5c4)ccc23)cc1-c1cccc2ccccc12. The first-order chi connectivity index (χ1) is 38.5. The van der Waals surface area contributed by atoms with Crippen LogP contribution in [0, 0.1) is 0 Å². The Morgan fingerprint density at radius 3 is 1.04 bits per heavy atom. The summed E-state index contributed by atoms with van der Waals surface area (Å²) in [4.78, 5) is 0. The molecule has 14 aromatic carbocycles. The van der Waals surface area contributed by atoms with Crippen molar-refractivity contribution < 1.29 is 19.7 Å². The molecule has 78 heavy (non-hydrogen) atoms. The van der Waals surface area contributed by atoms with Crippen molar-refractivity contribution in [3.63, 3.8) is 0 Å². The lowest BCUT2D eigenvalue weighted by molar-refractivity contribution is 0.282. The first kappa shape index (κ1) is 46.7. The fourth-order valence-corrected chi connectivity index (χ4v) is 11.6. The zero-order chi connectivity index (χ0) is 52.1. The van der Waals surface area contributed by atoms with Crippen LogP contribution >= 0.6 is 0 Å². The van der Waals surface area contributed by atoms with Crippen LogP contribution in [0.15, 0.2) is 267 Å². The van der Waals surface area contributed by atoms with Gasteiger partial charge in [0.05, 0.1) is 13.2 Å². The molecule has 0 aromatic heterocycles. The van der Waals surface area contributed by atoms with Crippen molar-refractivity contribution >= 4 is 64.6 Å². The van der Waals surface area contributed by atoms with E-state index in [-0.39, 0.29) is 13.2 Å². The molecule has 0 fully saturated rings. The molecule has 0 unspecified atom stereocenters. The molecular weight excluding hydrogens is 953 g/mol. The molecule has 0 atom stereocenters. The van der Waals surface area contributed by atoms with Crippen LogP contribution in [0.3, 0.4) is 0 Å². The lowest BCUT2D eigenvalue weighted by Gasteiger charge is -2.21. The van der Waals surface area contributed by atoms with E-state index in [0.29, 0.717) is 23.0 Å². The van der Waals surface area contributed by atoms with Gasteiger partial charge in [0.2, 0.25) is 0 Å². The Kier molecular flexibility index (Phi) is 11.8. The van der Waals surface area contributed by atoms with Crippen molar-refractivity contribution in [1.29, 1.82) is 0 Å². The summed E-state index contributed by atoms with van der Waals surface area (Å²) in [6.45, 7) is -0.252. The number of hydrogen-bond donors (Lipinski definition) is 2. The number of aliphatic hydroxyl groups excluding tert-OH is 2. The minimum absolute atomic E-state index is 0.126. The molecule has 0 saturated heterocycles. The number of benzene rings is 14. The molecule has 2 N–H and O–H groups in total. The van der Waals surface area contributed by atoms with Crippen LogP contribution in [0.2, 0.25) is 0 Å². The maximum atomic E-state index is 10.8. The molecule has 0 heterocycles. The Bertz CT molecular complexity index is 4360. The summed E-state index contributed by atoms with van der Waals surface area (Å²) < 4.78 is 14.6. The quantitative estimate of drug-likeness (QED) is 0.136. The van der Waals surface area contributed by atoms with Gasteiger partial charge < -0.3 is 19.7 Å². The lowest BCUT2D eigenvalue weighted by atomic mass is 9.89. The summed E-state index contributed by atoms with van der Waals surface area (Å²) in [7, 11) is 0. The van der Waals surface area contributed by atoms with Crippen LogP contribution in [-0.2, 0) is 13.2 Å². The third-order valence-electron chi connectivity index (χ3n) is 15.5. The molecule has 0 amide bonds. The Morgan fingerprint density at radius 2 is 0.603 bits per heavy atom. The Balaban J connectivity index is 0.991. The van der Waals surface area contributed by atoms with Gasteiger partial charge in [-0.2, -0.15) is 0 Å². The average Bonchev–Trinajstić information content (AvgIpc) is 3.67. The maximum absolute atomic E-state index is 10.8. The normalized spacial score (nSPS) is 11.6. The van der Waals surface area contributed by atoms with Crippen molar-refractivity contribution in [2.24, 2.45) is 0 Å². The van der Waals surface area contributed by atoms with Gasteiger partial charge in [-0.15, -0.1) is 0 Å². The van der Waals surface area contributed by atoms with E-state index in [1.807, 2.05) is 36.4 Å². The van der Waals surface area contributed by atoms with Crippen molar-refractivity contribution in [2.75, 3.05) is 0 Å².